The van der Waals surface area contributed by atoms with Crippen LogP contribution >= 0.6 is 11.3 Å². The number of carbonyl (C=O) groups excluding carboxylic acids is 1. The molecule has 0 unspecified atom stereocenters. The van der Waals surface area contributed by atoms with E-state index in [4.69, 9.17) is 9.63 Å². The zero-order chi connectivity index (χ0) is 14.8. The minimum atomic E-state index is -1.07. The first-order valence-electron chi connectivity index (χ1n) is 6.09. The first-order valence-corrected chi connectivity index (χ1v) is 6.97. The Bertz CT molecular complexity index is 821. The van der Waals surface area contributed by atoms with Crippen LogP contribution in [0.1, 0.15) is 16.1 Å². The summed E-state index contributed by atoms with van der Waals surface area (Å²) >= 11 is 1.17. The highest BCUT2D eigenvalue weighted by Crippen LogP contribution is 2.24. The Morgan fingerprint density at radius 2 is 2.10 bits per heavy atom. The van der Waals surface area contributed by atoms with Gasteiger partial charge in [-0.15, -0.1) is 11.3 Å². The number of thiophene rings is 1. The van der Waals surface area contributed by atoms with Crippen LogP contribution in [0.4, 0.5) is 5.00 Å². The predicted molar refractivity (Wildman–Crippen MR) is 77.6 cm³/mol. The molecule has 6 nitrogen and oxygen atoms in total. The van der Waals surface area contributed by atoms with E-state index in [2.05, 4.69) is 10.5 Å². The van der Waals surface area contributed by atoms with Crippen LogP contribution in [0.3, 0.4) is 0 Å². The Kier molecular flexibility index (Phi) is 3.41. The van der Waals surface area contributed by atoms with Crippen molar-refractivity contribution in [2.75, 3.05) is 5.32 Å². The molecule has 1 amide bonds. The standard InChI is InChI=1S/C14H10N2O4S/c17-12(15-13-9(14(18)19)5-6-21-13)7-10-8-3-1-2-4-11(8)20-16-10/h1-6H,7H2,(H,15,17)(H,18,19). The van der Waals surface area contributed by atoms with Crippen LogP contribution in [-0.2, 0) is 11.2 Å². The van der Waals surface area contributed by atoms with Gasteiger partial charge in [0.2, 0.25) is 5.91 Å². The number of nitrogens with one attached hydrogen (secondary N) is 1. The highest BCUT2D eigenvalue weighted by molar-refractivity contribution is 7.14. The molecule has 106 valence electrons. The van der Waals surface area contributed by atoms with Crippen LogP contribution in [0.15, 0.2) is 40.2 Å². The Morgan fingerprint density at radius 3 is 2.90 bits per heavy atom. The Labute approximate surface area is 123 Å². The van der Waals surface area contributed by atoms with Gasteiger partial charge in [-0.05, 0) is 23.6 Å². The highest BCUT2D eigenvalue weighted by atomic mass is 32.1. The molecule has 2 heterocycles. The molecule has 0 fully saturated rings. The second-order valence-corrected chi connectivity index (χ2v) is 5.24. The van der Waals surface area contributed by atoms with Crippen LogP contribution in [0, 0.1) is 0 Å². The number of aromatic carboxylic acids is 1. The lowest BCUT2D eigenvalue weighted by Gasteiger charge is -2.02. The summed E-state index contributed by atoms with van der Waals surface area (Å²) in [5.74, 6) is -1.41. The summed E-state index contributed by atoms with van der Waals surface area (Å²) < 4.78 is 5.13. The molecule has 0 aliphatic heterocycles. The molecule has 0 radical (unpaired) electrons. The van der Waals surface area contributed by atoms with Gasteiger partial charge in [0, 0.05) is 5.39 Å². The van der Waals surface area contributed by atoms with E-state index in [0.29, 0.717) is 16.3 Å². The van der Waals surface area contributed by atoms with E-state index in [-0.39, 0.29) is 17.9 Å². The number of fused-ring (bicyclic) bond motifs is 1. The normalized spacial score (nSPS) is 10.7. The highest BCUT2D eigenvalue weighted by Gasteiger charge is 2.16. The van der Waals surface area contributed by atoms with Crippen LogP contribution < -0.4 is 5.32 Å². The summed E-state index contributed by atoms with van der Waals surface area (Å²) in [6, 6.07) is 8.70. The largest absolute Gasteiger partial charge is 0.478 e. The van der Waals surface area contributed by atoms with Gasteiger partial charge in [-0.2, -0.15) is 0 Å². The van der Waals surface area contributed by atoms with Crippen molar-refractivity contribution in [2.24, 2.45) is 0 Å². The van der Waals surface area contributed by atoms with Gasteiger partial charge in [0.1, 0.15) is 10.7 Å². The first kappa shape index (κ1) is 13.3. The number of hydrogen-bond acceptors (Lipinski definition) is 5. The molecule has 0 bridgehead atoms. The summed E-state index contributed by atoms with van der Waals surface area (Å²) in [6.07, 6.45) is 0.0218. The molecule has 0 saturated carbocycles. The molecule has 0 spiro atoms. The minimum absolute atomic E-state index is 0.0218. The molecule has 7 heteroatoms. The van der Waals surface area contributed by atoms with Crippen molar-refractivity contribution >= 4 is 39.2 Å². The molecule has 3 aromatic rings. The average molecular weight is 302 g/mol. The number of carboxylic acid groups (broad SMARTS) is 1. The zero-order valence-electron chi connectivity index (χ0n) is 10.7. The van der Waals surface area contributed by atoms with E-state index in [1.165, 1.54) is 17.4 Å². The van der Waals surface area contributed by atoms with E-state index in [1.54, 1.807) is 11.4 Å². The van der Waals surface area contributed by atoms with Gasteiger partial charge < -0.3 is 14.9 Å². The number of aromatic nitrogens is 1. The molecule has 2 N–H and O–H groups in total. The number of nitrogens with zero attached hydrogens (tertiary/aromatic N) is 1. The molecule has 0 saturated heterocycles. The quantitative estimate of drug-likeness (QED) is 0.773. The van der Waals surface area contributed by atoms with Crippen LogP contribution in [0.5, 0.6) is 0 Å². The van der Waals surface area contributed by atoms with E-state index >= 15 is 0 Å². The Balaban J connectivity index is 1.78. The number of anilines is 1. The summed E-state index contributed by atoms with van der Waals surface area (Å²) in [6.45, 7) is 0. The number of hydrogen-bond donors (Lipinski definition) is 2. The monoisotopic (exact) mass is 302 g/mol. The van der Waals surface area contributed by atoms with Gasteiger partial charge in [0.15, 0.2) is 5.58 Å². The van der Waals surface area contributed by atoms with E-state index < -0.39 is 5.97 Å². The summed E-state index contributed by atoms with van der Waals surface area (Å²) in [5.41, 5.74) is 1.22. The predicted octanol–water partition coefficient (Wildman–Crippen LogP) is 2.77. The van der Waals surface area contributed by atoms with Crippen molar-refractivity contribution < 1.29 is 19.2 Å². The molecule has 0 aliphatic rings. The second-order valence-electron chi connectivity index (χ2n) is 4.32. The first-order chi connectivity index (χ1) is 10.1. The smallest absolute Gasteiger partial charge is 0.338 e. The maximum atomic E-state index is 12.0. The summed E-state index contributed by atoms with van der Waals surface area (Å²) in [4.78, 5) is 23.0. The van der Waals surface area contributed by atoms with Crippen molar-refractivity contribution in [1.29, 1.82) is 0 Å². The molecular formula is C14H10N2O4S. The van der Waals surface area contributed by atoms with Crippen LogP contribution in [0.2, 0.25) is 0 Å². The molecule has 1 aromatic carbocycles. The fraction of sp³-hybridized carbons (Fsp3) is 0.0714. The van der Waals surface area contributed by atoms with Crippen LogP contribution in [-0.4, -0.2) is 22.1 Å². The lowest BCUT2D eigenvalue weighted by atomic mass is 10.1. The third-order valence-electron chi connectivity index (χ3n) is 2.93. The van der Waals surface area contributed by atoms with Crippen molar-refractivity contribution in [2.45, 2.75) is 6.42 Å². The van der Waals surface area contributed by atoms with E-state index in [9.17, 15) is 9.59 Å². The van der Waals surface area contributed by atoms with Crippen molar-refractivity contribution in [3.8, 4) is 0 Å². The molecule has 0 atom stereocenters. The summed E-state index contributed by atoms with van der Waals surface area (Å²) in [7, 11) is 0. The third-order valence-corrected chi connectivity index (χ3v) is 3.76. The number of rotatable bonds is 4. The second kappa shape index (κ2) is 5.37. The van der Waals surface area contributed by atoms with Gasteiger partial charge in [0.25, 0.3) is 0 Å². The van der Waals surface area contributed by atoms with Crippen molar-refractivity contribution in [3.63, 3.8) is 0 Å². The average Bonchev–Trinajstić information content (AvgIpc) is 3.06. The minimum Gasteiger partial charge on any atom is -0.478 e. The summed E-state index contributed by atoms with van der Waals surface area (Å²) in [5, 5.41) is 18.2. The molecule has 2 aromatic heterocycles. The lowest BCUT2D eigenvalue weighted by Crippen LogP contribution is -2.15. The number of para-hydroxylation sites is 1. The van der Waals surface area contributed by atoms with Crippen molar-refractivity contribution in [1.82, 2.24) is 5.16 Å². The van der Waals surface area contributed by atoms with Crippen molar-refractivity contribution in [3.05, 3.63) is 47.0 Å². The molecular weight excluding hydrogens is 292 g/mol. The fourth-order valence-corrected chi connectivity index (χ4v) is 2.76. The fourth-order valence-electron chi connectivity index (χ4n) is 1.96. The molecule has 21 heavy (non-hydrogen) atoms. The maximum absolute atomic E-state index is 12.0. The maximum Gasteiger partial charge on any atom is 0.338 e. The van der Waals surface area contributed by atoms with Crippen LogP contribution in [0.25, 0.3) is 11.0 Å². The lowest BCUT2D eigenvalue weighted by molar-refractivity contribution is -0.115. The number of carboxylic acids is 1. The number of amides is 1. The van der Waals surface area contributed by atoms with E-state index in [1.807, 2.05) is 18.2 Å². The van der Waals surface area contributed by atoms with Gasteiger partial charge in [-0.25, -0.2) is 4.79 Å². The van der Waals surface area contributed by atoms with Gasteiger partial charge in [-0.3, -0.25) is 4.79 Å². The number of benzene rings is 1. The van der Waals surface area contributed by atoms with E-state index in [0.717, 1.165) is 5.39 Å². The third kappa shape index (κ3) is 2.63. The topological polar surface area (TPSA) is 92.4 Å². The van der Waals surface area contributed by atoms with Gasteiger partial charge >= 0.3 is 5.97 Å². The SMILES string of the molecule is O=C(Cc1noc2ccccc12)Nc1sccc1C(=O)O. The van der Waals surface area contributed by atoms with Gasteiger partial charge in [0.05, 0.1) is 12.0 Å². The number of carbonyl (C=O) groups is 2. The van der Waals surface area contributed by atoms with Gasteiger partial charge in [-0.1, -0.05) is 17.3 Å². The Morgan fingerprint density at radius 1 is 1.29 bits per heavy atom. The Hall–Kier alpha value is -2.67. The molecule has 3 rings (SSSR count). The molecule has 0 aliphatic carbocycles. The zero-order valence-corrected chi connectivity index (χ0v) is 11.5.